The van der Waals surface area contributed by atoms with Gasteiger partial charge in [-0.25, -0.2) is 0 Å². The van der Waals surface area contributed by atoms with Crippen LogP contribution in [0.2, 0.25) is 0 Å². The van der Waals surface area contributed by atoms with E-state index in [9.17, 15) is 13.2 Å². The predicted molar refractivity (Wildman–Crippen MR) is 74.0 cm³/mol. The first kappa shape index (κ1) is 17.3. The second-order valence-electron chi connectivity index (χ2n) is 4.59. The van der Waals surface area contributed by atoms with Crippen molar-refractivity contribution in [2.75, 3.05) is 27.3 Å². The highest BCUT2D eigenvalue weighted by molar-refractivity contribution is 5.44. The van der Waals surface area contributed by atoms with Gasteiger partial charge in [-0.3, -0.25) is 0 Å². The molecule has 0 unspecified atom stereocenters. The van der Waals surface area contributed by atoms with Gasteiger partial charge in [-0.2, -0.15) is 13.2 Å². The van der Waals surface area contributed by atoms with Crippen LogP contribution in [-0.2, 0) is 6.54 Å². The average molecular weight is 301 g/mol. The molecule has 1 aromatic carbocycles. The van der Waals surface area contributed by atoms with E-state index in [1.165, 1.54) is 7.11 Å². The molecule has 0 aromatic heterocycles. The molecule has 0 bridgehead atoms. The number of ether oxygens (including phenoxy) is 1. The number of rotatable bonds is 5. The zero-order valence-corrected chi connectivity index (χ0v) is 12.0. The molecule has 0 radical (unpaired) electrons. The maximum Gasteiger partial charge on any atom is 0.390 e. The lowest BCUT2D eigenvalue weighted by Crippen LogP contribution is -2.24. The summed E-state index contributed by atoms with van der Waals surface area (Å²) in [5.41, 5.74) is 1.44. The van der Waals surface area contributed by atoms with Crippen LogP contribution < -0.4 is 4.74 Å². The first-order valence-corrected chi connectivity index (χ1v) is 6.37. The number of hydrogen-bond donors (Lipinski definition) is 1. The normalized spacial score (nSPS) is 11.2. The van der Waals surface area contributed by atoms with Gasteiger partial charge in [0.15, 0.2) is 0 Å². The molecule has 0 heterocycles. The van der Waals surface area contributed by atoms with Crippen molar-refractivity contribution in [2.24, 2.45) is 0 Å². The topological polar surface area (TPSA) is 32.7 Å². The highest BCUT2D eigenvalue weighted by atomic mass is 19.4. The molecule has 21 heavy (non-hydrogen) atoms. The van der Waals surface area contributed by atoms with Gasteiger partial charge in [-0.05, 0) is 25.2 Å². The van der Waals surface area contributed by atoms with Crippen molar-refractivity contribution in [1.82, 2.24) is 4.90 Å². The number of benzene rings is 1. The van der Waals surface area contributed by atoms with Gasteiger partial charge >= 0.3 is 6.18 Å². The molecule has 0 amide bonds. The SMILES string of the molecule is COc1ccc(C#CCO)cc1CN(C)CCC(F)(F)F. The van der Waals surface area contributed by atoms with Crippen molar-refractivity contribution < 1.29 is 23.0 Å². The average Bonchev–Trinajstić information content (AvgIpc) is 2.42. The van der Waals surface area contributed by atoms with E-state index in [0.717, 1.165) is 5.56 Å². The maximum atomic E-state index is 12.2. The Morgan fingerprint density at radius 3 is 2.62 bits per heavy atom. The molecular formula is C15H18F3NO2. The number of halogens is 3. The van der Waals surface area contributed by atoms with E-state index in [0.29, 0.717) is 17.9 Å². The third kappa shape index (κ3) is 6.52. The molecule has 0 aliphatic rings. The first-order valence-electron chi connectivity index (χ1n) is 6.37. The van der Waals surface area contributed by atoms with Gasteiger partial charge < -0.3 is 14.7 Å². The summed E-state index contributed by atoms with van der Waals surface area (Å²) < 4.78 is 41.8. The fourth-order valence-electron chi connectivity index (χ4n) is 1.81. The smallest absolute Gasteiger partial charge is 0.390 e. The monoisotopic (exact) mass is 301 g/mol. The van der Waals surface area contributed by atoms with E-state index >= 15 is 0 Å². The van der Waals surface area contributed by atoms with E-state index in [-0.39, 0.29) is 13.2 Å². The summed E-state index contributed by atoms with van der Waals surface area (Å²) in [6.45, 7) is -0.0000528. The molecule has 3 nitrogen and oxygen atoms in total. The van der Waals surface area contributed by atoms with Crippen LogP contribution in [0.4, 0.5) is 13.2 Å². The Kier molecular flexibility index (Phi) is 6.53. The standard InChI is InChI=1S/C15H18F3NO2/c1-19(8-7-15(16,17)18)11-13-10-12(4-3-9-20)5-6-14(13)21-2/h5-6,10,20H,7-9,11H2,1-2H3. The number of methoxy groups -OCH3 is 1. The Morgan fingerprint density at radius 2 is 2.05 bits per heavy atom. The first-order chi connectivity index (χ1) is 9.85. The van der Waals surface area contributed by atoms with Crippen molar-refractivity contribution in [3.63, 3.8) is 0 Å². The second-order valence-corrected chi connectivity index (χ2v) is 4.59. The van der Waals surface area contributed by atoms with Crippen LogP contribution in [0.15, 0.2) is 18.2 Å². The lowest BCUT2D eigenvalue weighted by Gasteiger charge is -2.19. The number of alkyl halides is 3. The Bertz CT molecular complexity index is 518. The van der Waals surface area contributed by atoms with E-state index in [2.05, 4.69) is 11.8 Å². The van der Waals surface area contributed by atoms with Gasteiger partial charge in [0.2, 0.25) is 0 Å². The Labute approximate surface area is 122 Å². The molecule has 0 atom stereocenters. The summed E-state index contributed by atoms with van der Waals surface area (Å²) in [4.78, 5) is 1.58. The Balaban J connectivity index is 2.79. The van der Waals surface area contributed by atoms with Crippen LogP contribution in [0.5, 0.6) is 5.75 Å². The summed E-state index contributed by atoms with van der Waals surface area (Å²) in [5.74, 6) is 5.89. The van der Waals surface area contributed by atoms with Crippen LogP contribution in [0.25, 0.3) is 0 Å². The van der Waals surface area contributed by atoms with E-state index in [1.807, 2.05) is 0 Å². The van der Waals surface area contributed by atoms with Crippen molar-refractivity contribution in [1.29, 1.82) is 0 Å². The fraction of sp³-hybridized carbons (Fsp3) is 0.467. The molecule has 1 N–H and O–H groups in total. The minimum absolute atomic E-state index is 0.0841. The van der Waals surface area contributed by atoms with Gasteiger partial charge in [-0.1, -0.05) is 11.8 Å². The quantitative estimate of drug-likeness (QED) is 0.848. The molecule has 0 aliphatic carbocycles. The Hall–Kier alpha value is -1.71. The molecule has 0 saturated carbocycles. The number of aliphatic hydroxyl groups excluding tert-OH is 1. The van der Waals surface area contributed by atoms with Crippen molar-refractivity contribution in [3.8, 4) is 17.6 Å². The number of aliphatic hydroxyl groups is 1. The van der Waals surface area contributed by atoms with Crippen LogP contribution in [0, 0.1) is 11.8 Å². The molecule has 6 heteroatoms. The molecule has 0 fully saturated rings. The van der Waals surface area contributed by atoms with Gasteiger partial charge in [0, 0.05) is 24.2 Å². The summed E-state index contributed by atoms with van der Waals surface area (Å²) in [6.07, 6.45) is -5.01. The zero-order chi connectivity index (χ0) is 15.9. The third-order valence-corrected chi connectivity index (χ3v) is 2.81. The van der Waals surface area contributed by atoms with Crippen LogP contribution in [0.1, 0.15) is 17.5 Å². The van der Waals surface area contributed by atoms with Crippen LogP contribution >= 0.6 is 0 Å². The highest BCUT2D eigenvalue weighted by Gasteiger charge is 2.27. The highest BCUT2D eigenvalue weighted by Crippen LogP contribution is 2.23. The predicted octanol–water partition coefficient (Wildman–Crippen LogP) is 2.42. The lowest BCUT2D eigenvalue weighted by molar-refractivity contribution is -0.137. The summed E-state index contributed by atoms with van der Waals surface area (Å²) in [7, 11) is 3.13. The van der Waals surface area contributed by atoms with Crippen LogP contribution in [0.3, 0.4) is 0 Å². The van der Waals surface area contributed by atoms with Gasteiger partial charge in [0.05, 0.1) is 13.5 Å². The minimum atomic E-state index is -4.16. The van der Waals surface area contributed by atoms with E-state index in [1.54, 1.807) is 30.1 Å². The molecule has 0 saturated heterocycles. The zero-order valence-electron chi connectivity index (χ0n) is 12.0. The van der Waals surface area contributed by atoms with E-state index < -0.39 is 12.6 Å². The maximum absolute atomic E-state index is 12.2. The molecular weight excluding hydrogens is 283 g/mol. The number of nitrogens with zero attached hydrogens (tertiary/aromatic N) is 1. The lowest BCUT2D eigenvalue weighted by atomic mass is 10.1. The second kappa shape index (κ2) is 7.91. The molecule has 1 aromatic rings. The Morgan fingerprint density at radius 1 is 1.33 bits per heavy atom. The largest absolute Gasteiger partial charge is 0.496 e. The summed E-state index contributed by atoms with van der Waals surface area (Å²) >= 11 is 0. The van der Waals surface area contributed by atoms with Crippen molar-refractivity contribution >= 4 is 0 Å². The van der Waals surface area contributed by atoms with Crippen molar-refractivity contribution in [3.05, 3.63) is 29.3 Å². The third-order valence-electron chi connectivity index (χ3n) is 2.81. The molecule has 0 spiro atoms. The molecule has 1 rings (SSSR count). The fourth-order valence-corrected chi connectivity index (χ4v) is 1.81. The number of hydrogen-bond acceptors (Lipinski definition) is 3. The molecule has 116 valence electrons. The minimum Gasteiger partial charge on any atom is -0.496 e. The van der Waals surface area contributed by atoms with E-state index in [4.69, 9.17) is 9.84 Å². The summed E-state index contributed by atoms with van der Waals surface area (Å²) in [6, 6.07) is 5.21. The van der Waals surface area contributed by atoms with Gasteiger partial charge in [-0.15, -0.1) is 0 Å². The van der Waals surface area contributed by atoms with Gasteiger partial charge in [0.1, 0.15) is 12.4 Å². The molecule has 0 aliphatic heterocycles. The summed E-state index contributed by atoms with van der Waals surface area (Å²) in [5, 5.41) is 8.68. The van der Waals surface area contributed by atoms with Crippen LogP contribution in [-0.4, -0.2) is 43.5 Å². The van der Waals surface area contributed by atoms with Crippen molar-refractivity contribution in [2.45, 2.75) is 19.1 Å². The van der Waals surface area contributed by atoms with Gasteiger partial charge in [0.25, 0.3) is 0 Å².